The van der Waals surface area contributed by atoms with Crippen molar-refractivity contribution in [2.45, 2.75) is 91.8 Å². The minimum Gasteiger partial charge on any atom is -0.448 e. The van der Waals surface area contributed by atoms with Crippen LogP contribution in [0.2, 0.25) is 5.02 Å². The molecule has 1 saturated carbocycles. The third-order valence-electron chi connectivity index (χ3n) is 8.78. The molecule has 0 aromatic heterocycles. The lowest BCUT2D eigenvalue weighted by molar-refractivity contribution is -0.123. The molecule has 1 unspecified atom stereocenters. The lowest BCUT2D eigenvalue weighted by Gasteiger charge is -2.37. The van der Waals surface area contributed by atoms with Crippen LogP contribution >= 0.6 is 11.6 Å². The SMILES string of the molecule is CCCC1CCC(C2(C)Oc3c(C)c4c(c(Cl)c3O2)CCN(CC2=C(C)C=C(C)CC2=O)C4=O)CC1. The van der Waals surface area contributed by atoms with E-state index in [9.17, 15) is 9.59 Å². The Morgan fingerprint density at radius 2 is 1.78 bits per heavy atom. The molecular weight excluding hydrogens is 474 g/mol. The van der Waals surface area contributed by atoms with E-state index < -0.39 is 5.79 Å². The van der Waals surface area contributed by atoms with Crippen LogP contribution in [0.25, 0.3) is 0 Å². The summed E-state index contributed by atoms with van der Waals surface area (Å²) in [7, 11) is 0. The van der Waals surface area contributed by atoms with Crippen LogP contribution in [0.1, 0.15) is 94.1 Å². The monoisotopic (exact) mass is 511 g/mol. The van der Waals surface area contributed by atoms with Crippen LogP contribution in [-0.2, 0) is 11.2 Å². The molecule has 0 spiro atoms. The van der Waals surface area contributed by atoms with Crippen molar-refractivity contribution in [2.75, 3.05) is 13.1 Å². The standard InChI is InChI=1S/C30H38ClNO4/c1-6-7-20-8-10-21(11-9-20)30(5)35-27-19(4)25-22(26(31)28(27)36-30)12-13-32(29(25)34)16-23-18(3)14-17(2)15-24(23)33/h14,20-21H,6-13,15-16H2,1-5H3. The number of ether oxygens (including phenoxy) is 2. The molecule has 4 aliphatic rings. The number of carbonyl (C=O) groups is 2. The van der Waals surface area contributed by atoms with Gasteiger partial charge in [0.15, 0.2) is 17.3 Å². The van der Waals surface area contributed by atoms with Crippen molar-refractivity contribution >= 4 is 23.3 Å². The van der Waals surface area contributed by atoms with E-state index in [1.165, 1.54) is 25.7 Å². The first-order valence-corrected chi connectivity index (χ1v) is 13.9. The molecule has 6 heteroatoms. The number of nitrogens with zero attached hydrogens (tertiary/aromatic N) is 1. The minimum atomic E-state index is -0.763. The second-order valence-corrected chi connectivity index (χ2v) is 11.8. The van der Waals surface area contributed by atoms with Crippen LogP contribution in [0.15, 0.2) is 22.8 Å². The Kier molecular flexibility index (Phi) is 6.74. The number of benzene rings is 1. The van der Waals surface area contributed by atoms with Gasteiger partial charge < -0.3 is 14.4 Å². The van der Waals surface area contributed by atoms with E-state index in [2.05, 4.69) is 13.0 Å². The van der Waals surface area contributed by atoms with E-state index in [4.69, 9.17) is 21.1 Å². The summed E-state index contributed by atoms with van der Waals surface area (Å²) in [6.45, 7) is 11.0. The summed E-state index contributed by atoms with van der Waals surface area (Å²) in [5.41, 5.74) is 4.98. The zero-order valence-electron chi connectivity index (χ0n) is 22.3. The van der Waals surface area contributed by atoms with Gasteiger partial charge in [0.2, 0.25) is 0 Å². The lowest BCUT2D eigenvalue weighted by atomic mass is 9.77. The third-order valence-corrected chi connectivity index (χ3v) is 9.18. The molecule has 1 aromatic carbocycles. The summed E-state index contributed by atoms with van der Waals surface area (Å²) in [5, 5.41) is 0.504. The highest BCUT2D eigenvalue weighted by Crippen LogP contribution is 2.54. The number of ketones is 1. The summed E-state index contributed by atoms with van der Waals surface area (Å²) >= 11 is 6.90. The first kappa shape index (κ1) is 25.4. The van der Waals surface area contributed by atoms with Crippen LogP contribution in [0.3, 0.4) is 0 Å². The van der Waals surface area contributed by atoms with Gasteiger partial charge in [-0.05, 0) is 69.9 Å². The van der Waals surface area contributed by atoms with E-state index in [1.807, 2.05) is 27.7 Å². The largest absolute Gasteiger partial charge is 0.448 e. The summed E-state index contributed by atoms with van der Waals surface area (Å²) in [6.07, 6.45) is 10.2. The Balaban J connectivity index is 1.40. The van der Waals surface area contributed by atoms with Crippen LogP contribution in [-0.4, -0.2) is 35.5 Å². The molecule has 1 atom stereocenters. The second-order valence-electron chi connectivity index (χ2n) is 11.4. The molecule has 5 rings (SSSR count). The van der Waals surface area contributed by atoms with Crippen LogP contribution in [0.4, 0.5) is 0 Å². The van der Waals surface area contributed by atoms with Gasteiger partial charge in [-0.25, -0.2) is 0 Å². The number of halogens is 1. The van der Waals surface area contributed by atoms with Crippen LogP contribution in [0.5, 0.6) is 11.5 Å². The Bertz CT molecular complexity index is 1170. The molecule has 0 radical (unpaired) electrons. The summed E-state index contributed by atoms with van der Waals surface area (Å²) < 4.78 is 13.0. The molecule has 1 aromatic rings. The van der Waals surface area contributed by atoms with Crippen molar-refractivity contribution < 1.29 is 19.1 Å². The Morgan fingerprint density at radius 3 is 2.44 bits per heavy atom. The molecular formula is C30H38ClNO4. The van der Waals surface area contributed by atoms with Crippen molar-refractivity contribution in [3.8, 4) is 11.5 Å². The maximum absolute atomic E-state index is 13.7. The molecule has 0 saturated heterocycles. The predicted octanol–water partition coefficient (Wildman–Crippen LogP) is 6.98. The van der Waals surface area contributed by atoms with Crippen molar-refractivity contribution in [1.29, 1.82) is 0 Å². The van der Waals surface area contributed by atoms with Crippen LogP contribution in [0, 0.1) is 18.8 Å². The van der Waals surface area contributed by atoms with Gasteiger partial charge in [-0.15, -0.1) is 0 Å². The molecule has 0 N–H and O–H groups in total. The first-order valence-electron chi connectivity index (χ1n) is 13.5. The van der Waals surface area contributed by atoms with E-state index in [0.29, 0.717) is 53.9 Å². The molecule has 194 valence electrons. The molecule has 2 aliphatic carbocycles. The number of hydrogen-bond acceptors (Lipinski definition) is 4. The highest BCUT2D eigenvalue weighted by atomic mass is 35.5. The molecule has 1 amide bonds. The fourth-order valence-electron chi connectivity index (χ4n) is 6.72. The maximum Gasteiger partial charge on any atom is 0.254 e. The number of hydrogen-bond donors (Lipinski definition) is 0. The van der Waals surface area contributed by atoms with Gasteiger partial charge in [0.1, 0.15) is 0 Å². The van der Waals surface area contributed by atoms with E-state index in [0.717, 1.165) is 46.6 Å². The lowest BCUT2D eigenvalue weighted by Crippen LogP contribution is -2.44. The highest BCUT2D eigenvalue weighted by Gasteiger charge is 2.48. The topological polar surface area (TPSA) is 55.8 Å². The number of fused-ring (bicyclic) bond motifs is 2. The fourth-order valence-corrected chi connectivity index (χ4v) is 7.03. The normalized spacial score (nSPS) is 27.9. The number of carbonyl (C=O) groups excluding carboxylic acids is 2. The van der Waals surface area contributed by atoms with E-state index >= 15 is 0 Å². The summed E-state index contributed by atoms with van der Waals surface area (Å²) in [6, 6.07) is 0. The molecule has 5 nitrogen and oxygen atoms in total. The smallest absolute Gasteiger partial charge is 0.254 e. The Labute approximate surface area is 219 Å². The van der Waals surface area contributed by atoms with Gasteiger partial charge in [0.25, 0.3) is 11.7 Å². The van der Waals surface area contributed by atoms with Gasteiger partial charge >= 0.3 is 0 Å². The quantitative estimate of drug-likeness (QED) is 0.428. The average Bonchev–Trinajstić information content (AvgIpc) is 3.20. The summed E-state index contributed by atoms with van der Waals surface area (Å²) in [4.78, 5) is 28.2. The van der Waals surface area contributed by atoms with Crippen molar-refractivity contribution in [2.24, 2.45) is 11.8 Å². The maximum atomic E-state index is 13.7. The second kappa shape index (κ2) is 9.55. The van der Waals surface area contributed by atoms with Gasteiger partial charge in [0.05, 0.1) is 10.6 Å². The number of rotatable bonds is 5. The first-order chi connectivity index (χ1) is 17.1. The number of Topliss-reactive ketones (excluding diaryl/α,β-unsaturated/α-hetero) is 1. The van der Waals surface area contributed by atoms with E-state index in [-0.39, 0.29) is 11.7 Å². The Morgan fingerprint density at radius 1 is 1.08 bits per heavy atom. The van der Waals surface area contributed by atoms with Gasteiger partial charge in [-0.1, -0.05) is 43.0 Å². The summed E-state index contributed by atoms with van der Waals surface area (Å²) in [5.74, 6) is 1.55. The molecule has 2 aliphatic heterocycles. The number of allylic oxidation sites excluding steroid dienone is 3. The van der Waals surface area contributed by atoms with Gasteiger partial charge in [0, 0.05) is 43.5 Å². The van der Waals surface area contributed by atoms with Gasteiger partial charge in [-0.2, -0.15) is 0 Å². The minimum absolute atomic E-state index is 0.0879. The van der Waals surface area contributed by atoms with Crippen LogP contribution < -0.4 is 9.47 Å². The molecule has 0 bridgehead atoms. The fraction of sp³-hybridized carbons (Fsp3) is 0.600. The zero-order valence-corrected chi connectivity index (χ0v) is 23.0. The molecule has 2 heterocycles. The van der Waals surface area contributed by atoms with Crippen molar-refractivity contribution in [3.05, 3.63) is 44.5 Å². The molecule has 36 heavy (non-hydrogen) atoms. The zero-order chi connectivity index (χ0) is 25.8. The number of amides is 1. The van der Waals surface area contributed by atoms with Crippen molar-refractivity contribution in [3.63, 3.8) is 0 Å². The average molecular weight is 512 g/mol. The highest BCUT2D eigenvalue weighted by molar-refractivity contribution is 6.34. The van der Waals surface area contributed by atoms with E-state index in [1.54, 1.807) is 4.90 Å². The molecule has 1 fully saturated rings. The van der Waals surface area contributed by atoms with Gasteiger partial charge in [-0.3, -0.25) is 9.59 Å². The predicted molar refractivity (Wildman–Crippen MR) is 142 cm³/mol. The van der Waals surface area contributed by atoms with Crippen molar-refractivity contribution in [1.82, 2.24) is 4.90 Å². The third kappa shape index (κ3) is 4.27. The Hall–Kier alpha value is -2.27.